The van der Waals surface area contributed by atoms with Crippen LogP contribution in [0.5, 0.6) is 0 Å². The maximum absolute atomic E-state index is 2.85. The molecular formula is C24H38N2. The van der Waals surface area contributed by atoms with Gasteiger partial charge in [0.05, 0.1) is 6.67 Å². The maximum atomic E-state index is 2.85. The third-order valence-electron chi connectivity index (χ3n) is 9.55. The Kier molecular flexibility index (Phi) is 3.42. The maximum Gasteiger partial charge on any atom is 0.0904 e. The van der Waals surface area contributed by atoms with E-state index < -0.39 is 0 Å². The minimum absolute atomic E-state index is 0.480. The fourth-order valence-corrected chi connectivity index (χ4v) is 9.46. The van der Waals surface area contributed by atoms with Crippen LogP contribution in [0.4, 0.5) is 0 Å². The molecule has 0 N–H and O–H groups in total. The second-order valence-corrected chi connectivity index (χ2v) is 11.9. The molecule has 0 aromatic heterocycles. The Morgan fingerprint density at radius 2 is 0.962 bits per heavy atom. The molecule has 2 unspecified atom stereocenters. The van der Waals surface area contributed by atoms with Gasteiger partial charge in [-0.05, 0) is 106 Å². The van der Waals surface area contributed by atoms with Gasteiger partial charge >= 0.3 is 0 Å². The molecule has 0 saturated heterocycles. The van der Waals surface area contributed by atoms with Crippen LogP contribution in [-0.4, -0.2) is 27.5 Å². The zero-order valence-electron chi connectivity index (χ0n) is 17.0. The highest BCUT2D eigenvalue weighted by molar-refractivity contribution is 5.14. The van der Waals surface area contributed by atoms with Crippen molar-refractivity contribution in [2.75, 3.05) is 6.67 Å². The summed E-state index contributed by atoms with van der Waals surface area (Å²) in [5.41, 5.74) is 1.02. The molecule has 7 aliphatic rings. The predicted molar refractivity (Wildman–Crippen MR) is 106 cm³/mol. The normalized spacial score (nSPS) is 55.0. The largest absolute Gasteiger partial charge is 0.353 e. The van der Waals surface area contributed by atoms with Gasteiger partial charge in [0.2, 0.25) is 0 Å². The molecule has 0 aromatic rings. The summed E-state index contributed by atoms with van der Waals surface area (Å²) in [4.78, 5) is 5.68. The third kappa shape index (κ3) is 2.35. The van der Waals surface area contributed by atoms with Crippen molar-refractivity contribution in [3.8, 4) is 0 Å². The van der Waals surface area contributed by atoms with Gasteiger partial charge in [0.25, 0.3) is 0 Å². The third-order valence-corrected chi connectivity index (χ3v) is 9.55. The summed E-state index contributed by atoms with van der Waals surface area (Å²) < 4.78 is 0. The molecule has 0 amide bonds. The van der Waals surface area contributed by atoms with Crippen LogP contribution in [0.15, 0.2) is 12.4 Å². The highest BCUT2D eigenvalue weighted by Gasteiger charge is 2.55. The molecule has 0 radical (unpaired) electrons. The first-order chi connectivity index (χ1) is 12.5. The first-order valence-corrected chi connectivity index (χ1v) is 11.7. The lowest BCUT2D eigenvalue weighted by Gasteiger charge is -2.61. The Hall–Kier alpha value is -0.660. The molecular weight excluding hydrogens is 316 g/mol. The molecule has 1 aliphatic heterocycles. The van der Waals surface area contributed by atoms with Crippen LogP contribution in [0.1, 0.15) is 84.5 Å². The Morgan fingerprint density at radius 1 is 0.577 bits per heavy atom. The van der Waals surface area contributed by atoms with E-state index in [9.17, 15) is 0 Å². The van der Waals surface area contributed by atoms with E-state index >= 15 is 0 Å². The highest BCUT2D eigenvalue weighted by Crippen LogP contribution is 2.59. The van der Waals surface area contributed by atoms with Gasteiger partial charge in [0, 0.05) is 23.5 Å². The summed E-state index contributed by atoms with van der Waals surface area (Å²) in [6, 6.07) is 0. The Bertz CT molecular complexity index is 553. The van der Waals surface area contributed by atoms with Gasteiger partial charge in [-0.1, -0.05) is 13.8 Å². The Morgan fingerprint density at radius 3 is 1.42 bits per heavy atom. The lowest BCUT2D eigenvalue weighted by molar-refractivity contribution is -0.0909. The molecule has 144 valence electrons. The van der Waals surface area contributed by atoms with Crippen molar-refractivity contribution in [2.24, 2.45) is 35.5 Å². The van der Waals surface area contributed by atoms with Crippen LogP contribution in [0, 0.1) is 35.5 Å². The average molecular weight is 355 g/mol. The fourth-order valence-electron chi connectivity index (χ4n) is 9.46. The first kappa shape index (κ1) is 16.3. The second-order valence-electron chi connectivity index (χ2n) is 11.9. The number of hydrogen-bond donors (Lipinski definition) is 0. The molecule has 7 rings (SSSR count). The lowest BCUT2D eigenvalue weighted by atomic mass is 9.52. The lowest BCUT2D eigenvalue weighted by Crippen LogP contribution is -2.61. The summed E-state index contributed by atoms with van der Waals surface area (Å²) in [7, 11) is 0. The van der Waals surface area contributed by atoms with E-state index in [1.807, 2.05) is 0 Å². The van der Waals surface area contributed by atoms with Gasteiger partial charge in [-0.25, -0.2) is 0 Å². The van der Waals surface area contributed by atoms with E-state index in [-0.39, 0.29) is 0 Å². The van der Waals surface area contributed by atoms with Gasteiger partial charge in [-0.15, -0.1) is 0 Å². The zero-order chi connectivity index (χ0) is 17.5. The van der Waals surface area contributed by atoms with E-state index in [2.05, 4.69) is 36.0 Å². The minimum atomic E-state index is 0.480. The van der Waals surface area contributed by atoms with E-state index in [1.54, 1.807) is 19.3 Å². The van der Waals surface area contributed by atoms with Gasteiger partial charge in [-0.2, -0.15) is 0 Å². The minimum Gasteiger partial charge on any atom is -0.353 e. The number of nitrogens with zero attached hydrogens (tertiary/aromatic N) is 2. The average Bonchev–Trinajstić information content (AvgIpc) is 3.03. The molecule has 2 heteroatoms. The van der Waals surface area contributed by atoms with E-state index in [1.165, 1.54) is 58.0 Å². The fraction of sp³-hybridized carbons (Fsp3) is 0.917. The molecule has 0 aromatic carbocycles. The predicted octanol–water partition coefficient (Wildman–Crippen LogP) is 5.61. The summed E-state index contributed by atoms with van der Waals surface area (Å²) in [6.45, 7) is 6.25. The number of hydrogen-bond acceptors (Lipinski definition) is 2. The topological polar surface area (TPSA) is 6.48 Å². The van der Waals surface area contributed by atoms with E-state index in [0.717, 1.165) is 35.5 Å². The SMILES string of the molecule is CC1CC2CC(C)CC(N3C=CN(C45CC6CC(CC(C6)C4)C5)C3)(C1)C2. The summed E-state index contributed by atoms with van der Waals surface area (Å²) in [6.07, 6.45) is 21.6. The van der Waals surface area contributed by atoms with Crippen LogP contribution in [0.25, 0.3) is 0 Å². The standard InChI is InChI=1S/C24H38N2/c1-17-5-19-6-18(2)11-23(10-17,12-19)25-3-4-26(16-25)24-13-20-7-21(14-24)9-22(8-20)15-24/h3-4,17-22H,5-16H2,1-2H3. The van der Waals surface area contributed by atoms with Crippen molar-refractivity contribution in [1.29, 1.82) is 0 Å². The van der Waals surface area contributed by atoms with Crippen molar-refractivity contribution < 1.29 is 0 Å². The summed E-state index contributed by atoms with van der Waals surface area (Å²) in [5, 5.41) is 0. The summed E-state index contributed by atoms with van der Waals surface area (Å²) >= 11 is 0. The van der Waals surface area contributed by atoms with Gasteiger partial charge < -0.3 is 9.80 Å². The van der Waals surface area contributed by atoms with Crippen LogP contribution >= 0.6 is 0 Å². The van der Waals surface area contributed by atoms with Crippen molar-refractivity contribution in [3.05, 3.63) is 12.4 Å². The quantitative estimate of drug-likeness (QED) is 0.636. The first-order valence-electron chi connectivity index (χ1n) is 11.7. The molecule has 0 spiro atoms. The van der Waals surface area contributed by atoms with Crippen molar-refractivity contribution in [2.45, 2.75) is 95.6 Å². The number of fused-ring (bicyclic) bond motifs is 2. The van der Waals surface area contributed by atoms with Crippen LogP contribution in [0.2, 0.25) is 0 Å². The smallest absolute Gasteiger partial charge is 0.0904 e. The van der Waals surface area contributed by atoms with Crippen molar-refractivity contribution >= 4 is 0 Å². The number of rotatable bonds is 2. The van der Waals surface area contributed by atoms with Crippen molar-refractivity contribution in [1.82, 2.24) is 9.80 Å². The van der Waals surface area contributed by atoms with E-state index in [0.29, 0.717) is 11.1 Å². The van der Waals surface area contributed by atoms with Crippen LogP contribution in [-0.2, 0) is 0 Å². The molecule has 2 nitrogen and oxygen atoms in total. The van der Waals surface area contributed by atoms with Crippen molar-refractivity contribution in [3.63, 3.8) is 0 Å². The molecule has 2 atom stereocenters. The van der Waals surface area contributed by atoms with E-state index in [4.69, 9.17) is 0 Å². The Labute approximate surface area is 160 Å². The molecule has 6 bridgehead atoms. The van der Waals surface area contributed by atoms with Crippen LogP contribution < -0.4 is 0 Å². The van der Waals surface area contributed by atoms with Gasteiger partial charge in [-0.3, -0.25) is 0 Å². The zero-order valence-corrected chi connectivity index (χ0v) is 17.0. The monoisotopic (exact) mass is 354 g/mol. The molecule has 6 saturated carbocycles. The summed E-state index contributed by atoms with van der Waals surface area (Å²) in [5.74, 6) is 5.98. The molecule has 6 aliphatic carbocycles. The molecule has 1 heterocycles. The highest BCUT2D eigenvalue weighted by atomic mass is 15.4. The van der Waals surface area contributed by atoms with Crippen LogP contribution in [0.3, 0.4) is 0 Å². The van der Waals surface area contributed by atoms with Gasteiger partial charge in [0.1, 0.15) is 0 Å². The molecule has 26 heavy (non-hydrogen) atoms. The second kappa shape index (κ2) is 5.45. The Balaban J connectivity index is 1.24. The van der Waals surface area contributed by atoms with Gasteiger partial charge in [0.15, 0.2) is 0 Å². The molecule has 6 fully saturated rings.